The third-order valence-electron chi connectivity index (χ3n) is 3.73. The Morgan fingerprint density at radius 2 is 2.32 bits per heavy atom. The number of piperidine rings is 1. The molecule has 2 N–H and O–H groups in total. The highest BCUT2D eigenvalue weighted by Gasteiger charge is 2.21. The van der Waals surface area contributed by atoms with Crippen LogP contribution in [0.2, 0.25) is 0 Å². The zero-order valence-electron chi connectivity index (χ0n) is 11.6. The van der Waals surface area contributed by atoms with Gasteiger partial charge < -0.3 is 10.2 Å². The van der Waals surface area contributed by atoms with Gasteiger partial charge in [0.2, 0.25) is 0 Å². The topological polar surface area (TPSA) is 33.5 Å². The third-order valence-corrected chi connectivity index (χ3v) is 3.73. The summed E-state index contributed by atoms with van der Waals surface area (Å²) in [6.45, 7) is 6.52. The van der Waals surface area contributed by atoms with Gasteiger partial charge in [0, 0.05) is 11.6 Å². The Morgan fingerprint density at radius 1 is 1.53 bits per heavy atom. The maximum atomic E-state index is 13.4. The molecule has 0 bridgehead atoms. The van der Waals surface area contributed by atoms with Crippen molar-refractivity contribution in [2.75, 3.05) is 25.0 Å². The first-order valence-corrected chi connectivity index (χ1v) is 6.94. The number of rotatable bonds is 3. The molecule has 104 valence electrons. The second-order valence-corrected chi connectivity index (χ2v) is 5.64. The fourth-order valence-electron chi connectivity index (χ4n) is 2.66. The zero-order valence-corrected chi connectivity index (χ0v) is 11.6. The van der Waals surface area contributed by atoms with Crippen LogP contribution in [-0.2, 0) is 4.79 Å². The molecule has 3 nitrogen and oxygen atoms in total. The number of hydrogen-bond donors (Lipinski definition) is 2. The highest BCUT2D eigenvalue weighted by Crippen LogP contribution is 2.13. The fourth-order valence-corrected chi connectivity index (χ4v) is 2.66. The molecule has 0 radical (unpaired) electrons. The molecule has 1 aliphatic heterocycles. The molecule has 1 unspecified atom stereocenters. The quantitative estimate of drug-likeness (QED) is 0.851. The van der Waals surface area contributed by atoms with Gasteiger partial charge in [0.1, 0.15) is 5.82 Å². The SMILES string of the molecule is Cc1ccc(NC(=O)C[NH+]2CCC[C@H](C)C2)cc1F. The summed E-state index contributed by atoms with van der Waals surface area (Å²) in [6.07, 6.45) is 2.44. The number of quaternary nitrogens is 1. The lowest BCUT2D eigenvalue weighted by atomic mass is 10.0. The van der Waals surface area contributed by atoms with Crippen molar-refractivity contribution < 1.29 is 14.1 Å². The Balaban J connectivity index is 1.88. The van der Waals surface area contributed by atoms with Gasteiger partial charge in [0.15, 0.2) is 6.54 Å². The van der Waals surface area contributed by atoms with Crippen molar-refractivity contribution in [3.05, 3.63) is 29.6 Å². The molecular weight excluding hydrogens is 243 g/mol. The standard InChI is InChI=1S/C15H21FN2O/c1-11-4-3-7-18(9-11)10-15(19)17-13-6-5-12(2)14(16)8-13/h5-6,8,11H,3-4,7,9-10H2,1-2H3,(H,17,19)/p+1/t11-/m0/s1. The van der Waals surface area contributed by atoms with Crippen LogP contribution in [0.5, 0.6) is 0 Å². The average molecular weight is 265 g/mol. The average Bonchev–Trinajstić information content (AvgIpc) is 2.34. The van der Waals surface area contributed by atoms with E-state index in [4.69, 9.17) is 0 Å². The van der Waals surface area contributed by atoms with Crippen molar-refractivity contribution in [2.45, 2.75) is 26.7 Å². The zero-order chi connectivity index (χ0) is 13.8. The first-order chi connectivity index (χ1) is 9.04. The summed E-state index contributed by atoms with van der Waals surface area (Å²) >= 11 is 0. The summed E-state index contributed by atoms with van der Waals surface area (Å²) in [5.41, 5.74) is 1.13. The van der Waals surface area contributed by atoms with Crippen LogP contribution < -0.4 is 10.2 Å². The molecule has 1 heterocycles. The number of amides is 1. The van der Waals surface area contributed by atoms with Crippen LogP contribution in [0.1, 0.15) is 25.3 Å². The van der Waals surface area contributed by atoms with Crippen molar-refractivity contribution in [3.8, 4) is 0 Å². The second-order valence-electron chi connectivity index (χ2n) is 5.64. The lowest BCUT2D eigenvalue weighted by molar-refractivity contribution is -0.900. The van der Waals surface area contributed by atoms with Crippen LogP contribution in [0.3, 0.4) is 0 Å². The van der Waals surface area contributed by atoms with E-state index in [-0.39, 0.29) is 11.7 Å². The number of halogens is 1. The van der Waals surface area contributed by atoms with Crippen molar-refractivity contribution in [2.24, 2.45) is 5.92 Å². The minimum Gasteiger partial charge on any atom is -0.327 e. The smallest absolute Gasteiger partial charge is 0.279 e. The number of benzene rings is 1. The van der Waals surface area contributed by atoms with E-state index in [1.807, 2.05) is 0 Å². The van der Waals surface area contributed by atoms with E-state index in [1.54, 1.807) is 19.1 Å². The summed E-state index contributed by atoms with van der Waals surface area (Å²) in [5, 5.41) is 2.77. The van der Waals surface area contributed by atoms with Gasteiger partial charge in [-0.2, -0.15) is 0 Å². The van der Waals surface area contributed by atoms with Gasteiger partial charge in [-0.05, 0) is 37.5 Å². The molecule has 19 heavy (non-hydrogen) atoms. The molecule has 1 aliphatic rings. The predicted molar refractivity (Wildman–Crippen MR) is 73.7 cm³/mol. The fraction of sp³-hybridized carbons (Fsp3) is 0.533. The van der Waals surface area contributed by atoms with Crippen LogP contribution in [0.15, 0.2) is 18.2 Å². The Labute approximate surface area is 113 Å². The number of anilines is 1. The monoisotopic (exact) mass is 265 g/mol. The molecule has 1 aromatic carbocycles. The second kappa shape index (κ2) is 6.15. The maximum absolute atomic E-state index is 13.4. The molecule has 1 aromatic rings. The molecular formula is C15H22FN2O+. The van der Waals surface area contributed by atoms with Crippen molar-refractivity contribution >= 4 is 11.6 Å². The number of hydrogen-bond acceptors (Lipinski definition) is 1. The molecule has 2 atom stereocenters. The van der Waals surface area contributed by atoms with E-state index >= 15 is 0 Å². The van der Waals surface area contributed by atoms with Crippen LogP contribution in [0.4, 0.5) is 10.1 Å². The van der Waals surface area contributed by atoms with E-state index < -0.39 is 0 Å². The van der Waals surface area contributed by atoms with Gasteiger partial charge in [0.25, 0.3) is 5.91 Å². The molecule has 0 aromatic heterocycles. The first kappa shape index (κ1) is 14.0. The Morgan fingerprint density at radius 3 is 3.00 bits per heavy atom. The minimum atomic E-state index is -0.281. The predicted octanol–water partition coefficient (Wildman–Crippen LogP) is 1.39. The molecule has 1 amide bonds. The van der Waals surface area contributed by atoms with Gasteiger partial charge in [-0.3, -0.25) is 4.79 Å². The van der Waals surface area contributed by atoms with Gasteiger partial charge >= 0.3 is 0 Å². The summed E-state index contributed by atoms with van der Waals surface area (Å²) in [4.78, 5) is 13.3. The van der Waals surface area contributed by atoms with Gasteiger partial charge in [-0.1, -0.05) is 13.0 Å². The van der Waals surface area contributed by atoms with E-state index in [2.05, 4.69) is 12.2 Å². The highest BCUT2D eigenvalue weighted by atomic mass is 19.1. The first-order valence-electron chi connectivity index (χ1n) is 6.94. The lowest BCUT2D eigenvalue weighted by Gasteiger charge is -2.27. The molecule has 1 saturated heterocycles. The number of likely N-dealkylation sites (tertiary alicyclic amines) is 1. The van der Waals surface area contributed by atoms with E-state index in [1.165, 1.54) is 23.8 Å². The van der Waals surface area contributed by atoms with Crippen molar-refractivity contribution in [3.63, 3.8) is 0 Å². The van der Waals surface area contributed by atoms with Gasteiger partial charge in [-0.15, -0.1) is 0 Å². The number of carbonyl (C=O) groups is 1. The van der Waals surface area contributed by atoms with E-state index in [0.29, 0.717) is 23.7 Å². The molecule has 0 saturated carbocycles. The van der Waals surface area contributed by atoms with Gasteiger partial charge in [0.05, 0.1) is 13.1 Å². The molecule has 0 aliphatic carbocycles. The van der Waals surface area contributed by atoms with E-state index in [9.17, 15) is 9.18 Å². The summed E-state index contributed by atoms with van der Waals surface area (Å²) in [7, 11) is 0. The molecule has 1 fully saturated rings. The molecule has 4 heteroatoms. The maximum Gasteiger partial charge on any atom is 0.279 e. The Kier molecular flexibility index (Phi) is 4.53. The number of carbonyl (C=O) groups excluding carboxylic acids is 1. The highest BCUT2D eigenvalue weighted by molar-refractivity contribution is 5.91. The summed E-state index contributed by atoms with van der Waals surface area (Å²) in [5.74, 6) is 0.373. The lowest BCUT2D eigenvalue weighted by Crippen LogP contribution is -3.14. The van der Waals surface area contributed by atoms with Crippen LogP contribution in [-0.4, -0.2) is 25.5 Å². The number of nitrogens with one attached hydrogen (secondary N) is 2. The van der Waals surface area contributed by atoms with Crippen LogP contribution in [0.25, 0.3) is 0 Å². The number of aryl methyl sites for hydroxylation is 1. The summed E-state index contributed by atoms with van der Waals surface area (Å²) in [6, 6.07) is 4.80. The van der Waals surface area contributed by atoms with Crippen LogP contribution in [0, 0.1) is 18.7 Å². The third kappa shape index (κ3) is 4.03. The van der Waals surface area contributed by atoms with E-state index in [0.717, 1.165) is 13.1 Å². The normalized spacial score (nSPS) is 23.1. The molecule has 2 rings (SSSR count). The minimum absolute atomic E-state index is 0.0349. The van der Waals surface area contributed by atoms with Crippen LogP contribution >= 0.6 is 0 Å². The largest absolute Gasteiger partial charge is 0.327 e. The molecule has 0 spiro atoms. The Bertz CT molecular complexity index is 461. The van der Waals surface area contributed by atoms with Gasteiger partial charge in [-0.25, -0.2) is 4.39 Å². The summed E-state index contributed by atoms with van der Waals surface area (Å²) < 4.78 is 13.4. The van der Waals surface area contributed by atoms with Crippen molar-refractivity contribution in [1.29, 1.82) is 0 Å². The Hall–Kier alpha value is -1.42. The van der Waals surface area contributed by atoms with Crippen molar-refractivity contribution in [1.82, 2.24) is 0 Å².